The first-order valence-corrected chi connectivity index (χ1v) is 5.40. The smallest absolute Gasteiger partial charge is 0.325 e. The molecule has 1 atom stereocenters. The fraction of sp³-hybridized carbons (Fsp3) is 0.300. The molecule has 6 heteroatoms. The Bertz CT molecular complexity index is 435. The lowest BCUT2D eigenvalue weighted by molar-refractivity contribution is -0.138. The Kier molecular flexibility index (Phi) is 3.13. The minimum atomic E-state index is -1.09. The summed E-state index contributed by atoms with van der Waals surface area (Å²) >= 11 is 3.29. The lowest BCUT2D eigenvalue weighted by Gasteiger charge is -2.22. The highest BCUT2D eigenvalue weighted by Gasteiger charge is 2.25. The number of benzene rings is 1. The first kappa shape index (κ1) is 11.4. The SMILES string of the molecule is NC(C(=O)O)c1c(Br)ccc2c1COCO2. The van der Waals surface area contributed by atoms with Gasteiger partial charge in [0.25, 0.3) is 0 Å². The first-order valence-electron chi connectivity index (χ1n) is 4.61. The molecule has 1 aliphatic heterocycles. The molecule has 0 saturated carbocycles. The minimum Gasteiger partial charge on any atom is -0.480 e. The summed E-state index contributed by atoms with van der Waals surface area (Å²) in [5, 5.41) is 8.93. The molecule has 1 aliphatic rings. The Labute approximate surface area is 100 Å². The summed E-state index contributed by atoms with van der Waals surface area (Å²) in [6.07, 6.45) is 0. The first-order chi connectivity index (χ1) is 7.61. The van der Waals surface area contributed by atoms with Crippen LogP contribution in [0.25, 0.3) is 0 Å². The van der Waals surface area contributed by atoms with Crippen molar-refractivity contribution in [3.8, 4) is 5.75 Å². The molecule has 2 rings (SSSR count). The van der Waals surface area contributed by atoms with E-state index in [0.29, 0.717) is 28.0 Å². The van der Waals surface area contributed by atoms with E-state index in [1.54, 1.807) is 12.1 Å². The van der Waals surface area contributed by atoms with E-state index in [1.165, 1.54) is 0 Å². The molecule has 0 saturated heterocycles. The predicted molar refractivity (Wildman–Crippen MR) is 59.0 cm³/mol. The van der Waals surface area contributed by atoms with Gasteiger partial charge in [0, 0.05) is 15.6 Å². The number of fused-ring (bicyclic) bond motifs is 1. The molecule has 0 aromatic heterocycles. The molecular formula is C10H10BrNO4. The van der Waals surface area contributed by atoms with Crippen LogP contribution < -0.4 is 10.5 Å². The summed E-state index contributed by atoms with van der Waals surface area (Å²) in [6.45, 7) is 0.488. The highest BCUT2D eigenvalue weighted by Crippen LogP contribution is 2.35. The quantitative estimate of drug-likeness (QED) is 0.859. The number of rotatable bonds is 2. The fourth-order valence-corrected chi connectivity index (χ4v) is 2.23. The largest absolute Gasteiger partial charge is 0.480 e. The lowest BCUT2D eigenvalue weighted by Crippen LogP contribution is -2.24. The van der Waals surface area contributed by atoms with E-state index < -0.39 is 12.0 Å². The average molecular weight is 288 g/mol. The molecule has 1 aromatic carbocycles. The molecule has 0 bridgehead atoms. The summed E-state index contributed by atoms with van der Waals surface area (Å²) in [5.74, 6) is -0.458. The van der Waals surface area contributed by atoms with Crippen LogP contribution in [0.4, 0.5) is 0 Å². The molecule has 1 unspecified atom stereocenters. The van der Waals surface area contributed by atoms with E-state index in [-0.39, 0.29) is 6.79 Å². The van der Waals surface area contributed by atoms with Crippen molar-refractivity contribution in [3.63, 3.8) is 0 Å². The van der Waals surface area contributed by atoms with Gasteiger partial charge in [0.15, 0.2) is 6.79 Å². The Morgan fingerprint density at radius 1 is 1.56 bits per heavy atom. The van der Waals surface area contributed by atoms with Crippen LogP contribution >= 0.6 is 15.9 Å². The number of aliphatic carboxylic acids is 1. The van der Waals surface area contributed by atoms with E-state index in [9.17, 15) is 4.79 Å². The molecule has 1 heterocycles. The van der Waals surface area contributed by atoms with Gasteiger partial charge in [-0.3, -0.25) is 4.79 Å². The highest BCUT2D eigenvalue weighted by atomic mass is 79.9. The predicted octanol–water partition coefficient (Wildman–Crippen LogP) is 1.40. The molecule has 5 nitrogen and oxygen atoms in total. The fourth-order valence-electron chi connectivity index (χ4n) is 1.61. The van der Waals surface area contributed by atoms with Crippen LogP contribution in [0.1, 0.15) is 17.2 Å². The summed E-state index contributed by atoms with van der Waals surface area (Å²) in [7, 11) is 0. The second kappa shape index (κ2) is 4.40. The average Bonchev–Trinajstić information content (AvgIpc) is 2.28. The van der Waals surface area contributed by atoms with Crippen molar-refractivity contribution < 1.29 is 19.4 Å². The Hall–Kier alpha value is -1.11. The Morgan fingerprint density at radius 2 is 2.31 bits per heavy atom. The van der Waals surface area contributed by atoms with Gasteiger partial charge in [-0.05, 0) is 12.1 Å². The number of hydrogen-bond donors (Lipinski definition) is 2. The van der Waals surface area contributed by atoms with Crippen LogP contribution in [0, 0.1) is 0 Å². The number of nitrogens with two attached hydrogens (primary N) is 1. The third-order valence-corrected chi connectivity index (χ3v) is 3.07. The van der Waals surface area contributed by atoms with Crippen molar-refractivity contribution in [1.82, 2.24) is 0 Å². The van der Waals surface area contributed by atoms with Gasteiger partial charge in [0.05, 0.1) is 6.61 Å². The highest BCUT2D eigenvalue weighted by molar-refractivity contribution is 9.10. The normalized spacial score (nSPS) is 16.1. The Balaban J connectivity index is 2.53. The van der Waals surface area contributed by atoms with Gasteiger partial charge in [-0.2, -0.15) is 0 Å². The second-order valence-electron chi connectivity index (χ2n) is 3.36. The van der Waals surface area contributed by atoms with E-state index in [1.807, 2.05) is 0 Å². The van der Waals surface area contributed by atoms with Crippen LogP contribution in [0.15, 0.2) is 16.6 Å². The number of ether oxygens (including phenoxy) is 2. The van der Waals surface area contributed by atoms with Gasteiger partial charge < -0.3 is 20.3 Å². The molecular weight excluding hydrogens is 278 g/mol. The minimum absolute atomic E-state index is 0.177. The zero-order valence-corrected chi connectivity index (χ0v) is 9.86. The van der Waals surface area contributed by atoms with E-state index >= 15 is 0 Å². The third kappa shape index (κ3) is 1.91. The van der Waals surface area contributed by atoms with Crippen molar-refractivity contribution >= 4 is 21.9 Å². The summed E-state index contributed by atoms with van der Waals surface area (Å²) in [5.41, 5.74) is 6.82. The van der Waals surface area contributed by atoms with Crippen LogP contribution in [0.2, 0.25) is 0 Å². The van der Waals surface area contributed by atoms with E-state index in [2.05, 4.69) is 15.9 Å². The molecule has 3 N–H and O–H groups in total. The number of hydrogen-bond acceptors (Lipinski definition) is 4. The number of carboxylic acids is 1. The molecule has 0 radical (unpaired) electrons. The number of carbonyl (C=O) groups is 1. The molecule has 0 aliphatic carbocycles. The van der Waals surface area contributed by atoms with Gasteiger partial charge in [0.1, 0.15) is 11.8 Å². The molecule has 0 amide bonds. The van der Waals surface area contributed by atoms with Crippen LogP contribution in [0.3, 0.4) is 0 Å². The zero-order valence-electron chi connectivity index (χ0n) is 8.27. The number of carboxylic acid groups (broad SMARTS) is 1. The maximum atomic E-state index is 10.9. The lowest BCUT2D eigenvalue weighted by atomic mass is 10.00. The maximum absolute atomic E-state index is 10.9. The molecule has 86 valence electrons. The van der Waals surface area contributed by atoms with Crippen molar-refractivity contribution in [3.05, 3.63) is 27.7 Å². The van der Waals surface area contributed by atoms with Crippen molar-refractivity contribution in [2.45, 2.75) is 12.6 Å². The van der Waals surface area contributed by atoms with Gasteiger partial charge in [-0.15, -0.1) is 0 Å². The van der Waals surface area contributed by atoms with Crippen molar-refractivity contribution in [2.24, 2.45) is 5.73 Å². The van der Waals surface area contributed by atoms with Gasteiger partial charge in [0.2, 0.25) is 0 Å². The van der Waals surface area contributed by atoms with Gasteiger partial charge in [-0.1, -0.05) is 15.9 Å². The number of halogens is 1. The van der Waals surface area contributed by atoms with Crippen LogP contribution in [0.5, 0.6) is 5.75 Å². The molecule has 0 fully saturated rings. The van der Waals surface area contributed by atoms with E-state index in [4.69, 9.17) is 20.3 Å². The standard InChI is InChI=1S/C10H10BrNO4/c11-6-1-2-7-5(3-15-4-16-7)8(6)9(12)10(13)14/h1-2,9H,3-4,12H2,(H,13,14). The second-order valence-corrected chi connectivity index (χ2v) is 4.22. The van der Waals surface area contributed by atoms with Crippen molar-refractivity contribution in [2.75, 3.05) is 6.79 Å². The maximum Gasteiger partial charge on any atom is 0.325 e. The summed E-state index contributed by atoms with van der Waals surface area (Å²) in [6, 6.07) is 2.40. The monoisotopic (exact) mass is 287 g/mol. The molecule has 1 aromatic rings. The Morgan fingerprint density at radius 3 is 3.00 bits per heavy atom. The summed E-state index contributed by atoms with van der Waals surface area (Å²) in [4.78, 5) is 10.9. The molecule has 0 spiro atoms. The topological polar surface area (TPSA) is 81.8 Å². The third-order valence-electron chi connectivity index (χ3n) is 2.38. The summed E-state index contributed by atoms with van der Waals surface area (Å²) < 4.78 is 11.0. The van der Waals surface area contributed by atoms with Crippen LogP contribution in [-0.2, 0) is 16.1 Å². The van der Waals surface area contributed by atoms with Gasteiger partial charge in [-0.25, -0.2) is 0 Å². The van der Waals surface area contributed by atoms with Gasteiger partial charge >= 0.3 is 5.97 Å². The van der Waals surface area contributed by atoms with Crippen molar-refractivity contribution in [1.29, 1.82) is 0 Å². The van der Waals surface area contributed by atoms with E-state index in [0.717, 1.165) is 0 Å². The van der Waals surface area contributed by atoms with Crippen LogP contribution in [-0.4, -0.2) is 17.9 Å². The molecule has 16 heavy (non-hydrogen) atoms. The zero-order chi connectivity index (χ0) is 11.7.